The van der Waals surface area contributed by atoms with Crippen molar-refractivity contribution in [3.05, 3.63) is 0 Å². The zero-order valence-corrected chi connectivity index (χ0v) is 10.9. The summed E-state index contributed by atoms with van der Waals surface area (Å²) in [7, 11) is 0. The lowest BCUT2D eigenvalue weighted by atomic mass is 9.96. The number of aliphatic carboxylic acids is 2. The van der Waals surface area contributed by atoms with Crippen LogP contribution < -0.4 is 5.32 Å². The molecular formula is C11H15F3N2O5. The van der Waals surface area contributed by atoms with Gasteiger partial charge in [-0.25, -0.2) is 9.59 Å². The van der Waals surface area contributed by atoms with E-state index in [1.165, 1.54) is 0 Å². The van der Waals surface area contributed by atoms with Gasteiger partial charge in [-0.05, 0) is 12.8 Å². The maximum absolute atomic E-state index is 12.5. The van der Waals surface area contributed by atoms with Crippen molar-refractivity contribution in [1.82, 2.24) is 10.2 Å². The average Bonchev–Trinajstić information content (AvgIpc) is 2.36. The van der Waals surface area contributed by atoms with Crippen LogP contribution in [0.2, 0.25) is 0 Å². The lowest BCUT2D eigenvalue weighted by molar-refractivity contribution is -0.183. The van der Waals surface area contributed by atoms with E-state index in [-0.39, 0.29) is 25.9 Å². The lowest BCUT2D eigenvalue weighted by Crippen LogP contribution is -2.51. The minimum absolute atomic E-state index is 0.157. The number of amides is 2. The van der Waals surface area contributed by atoms with Crippen LogP contribution in [-0.4, -0.2) is 58.4 Å². The van der Waals surface area contributed by atoms with Crippen molar-refractivity contribution < 1.29 is 37.8 Å². The van der Waals surface area contributed by atoms with Gasteiger partial charge in [-0.2, -0.15) is 13.2 Å². The maximum Gasteiger partial charge on any atom is 0.391 e. The summed E-state index contributed by atoms with van der Waals surface area (Å²) >= 11 is 0. The first-order valence-corrected chi connectivity index (χ1v) is 6.18. The molecule has 120 valence electrons. The van der Waals surface area contributed by atoms with E-state index in [1.807, 2.05) is 5.32 Å². The Morgan fingerprint density at radius 3 is 2.10 bits per heavy atom. The van der Waals surface area contributed by atoms with Crippen LogP contribution in [0.15, 0.2) is 0 Å². The van der Waals surface area contributed by atoms with Gasteiger partial charge in [0.05, 0.1) is 12.3 Å². The molecule has 0 bridgehead atoms. The Kier molecular flexibility index (Phi) is 5.39. The normalized spacial score (nSPS) is 18.1. The molecule has 0 saturated carbocycles. The number of urea groups is 1. The molecular weight excluding hydrogens is 297 g/mol. The van der Waals surface area contributed by atoms with Gasteiger partial charge in [0.2, 0.25) is 0 Å². The molecule has 1 atom stereocenters. The fourth-order valence-corrected chi connectivity index (χ4v) is 2.02. The number of rotatable bonds is 4. The first kappa shape index (κ1) is 17.1. The molecule has 0 aromatic carbocycles. The maximum atomic E-state index is 12.5. The van der Waals surface area contributed by atoms with Crippen molar-refractivity contribution in [2.75, 3.05) is 13.1 Å². The van der Waals surface area contributed by atoms with E-state index in [4.69, 9.17) is 10.2 Å². The van der Waals surface area contributed by atoms with E-state index >= 15 is 0 Å². The highest BCUT2D eigenvalue weighted by Crippen LogP contribution is 2.34. The number of alkyl halides is 3. The number of nitrogens with zero attached hydrogens (tertiary/aromatic N) is 1. The minimum Gasteiger partial charge on any atom is -0.481 e. The molecule has 0 aromatic heterocycles. The number of hydrogen-bond acceptors (Lipinski definition) is 3. The van der Waals surface area contributed by atoms with Crippen LogP contribution in [0.5, 0.6) is 0 Å². The van der Waals surface area contributed by atoms with Gasteiger partial charge >= 0.3 is 24.1 Å². The third-order valence-electron chi connectivity index (χ3n) is 3.22. The summed E-state index contributed by atoms with van der Waals surface area (Å²) in [4.78, 5) is 34.0. The highest BCUT2D eigenvalue weighted by molar-refractivity contribution is 5.86. The Bertz CT molecular complexity index is 419. The predicted octanol–water partition coefficient (Wildman–Crippen LogP) is 0.898. The Hall–Kier alpha value is -2.00. The molecule has 21 heavy (non-hydrogen) atoms. The van der Waals surface area contributed by atoms with E-state index < -0.39 is 42.5 Å². The van der Waals surface area contributed by atoms with Gasteiger partial charge in [0, 0.05) is 13.1 Å². The fourth-order valence-electron chi connectivity index (χ4n) is 2.02. The average molecular weight is 312 g/mol. The predicted molar refractivity (Wildman–Crippen MR) is 62.6 cm³/mol. The van der Waals surface area contributed by atoms with Gasteiger partial charge in [-0.3, -0.25) is 4.79 Å². The molecule has 1 aliphatic heterocycles. The van der Waals surface area contributed by atoms with Gasteiger partial charge in [0.15, 0.2) is 0 Å². The SMILES string of the molecule is O=C(O)C[C@@H](NC(=O)N1CCC(C(F)(F)F)CC1)C(=O)O. The van der Waals surface area contributed by atoms with Crippen LogP contribution in [0.1, 0.15) is 19.3 Å². The van der Waals surface area contributed by atoms with Crippen LogP contribution in [0.3, 0.4) is 0 Å². The highest BCUT2D eigenvalue weighted by atomic mass is 19.4. The van der Waals surface area contributed by atoms with Crippen LogP contribution in [0, 0.1) is 5.92 Å². The zero-order valence-electron chi connectivity index (χ0n) is 10.9. The molecule has 7 nitrogen and oxygen atoms in total. The molecule has 10 heteroatoms. The third kappa shape index (κ3) is 5.12. The number of halogens is 3. The number of hydrogen-bond donors (Lipinski definition) is 3. The van der Waals surface area contributed by atoms with E-state index in [0.29, 0.717) is 0 Å². The second-order valence-electron chi connectivity index (χ2n) is 4.74. The Morgan fingerprint density at radius 1 is 1.19 bits per heavy atom. The Balaban J connectivity index is 2.53. The number of carbonyl (C=O) groups excluding carboxylic acids is 1. The summed E-state index contributed by atoms with van der Waals surface area (Å²) in [5.74, 6) is -4.40. The lowest BCUT2D eigenvalue weighted by Gasteiger charge is -2.33. The summed E-state index contributed by atoms with van der Waals surface area (Å²) in [6.45, 7) is -0.315. The Morgan fingerprint density at radius 2 is 1.71 bits per heavy atom. The van der Waals surface area contributed by atoms with Crippen molar-refractivity contribution in [2.24, 2.45) is 5.92 Å². The fraction of sp³-hybridized carbons (Fsp3) is 0.727. The molecule has 0 aliphatic carbocycles. The summed E-state index contributed by atoms with van der Waals surface area (Å²) in [5, 5.41) is 19.3. The number of carbonyl (C=O) groups is 3. The number of piperidine rings is 1. The van der Waals surface area contributed by atoms with E-state index in [9.17, 15) is 27.6 Å². The van der Waals surface area contributed by atoms with E-state index in [2.05, 4.69) is 0 Å². The van der Waals surface area contributed by atoms with Gasteiger partial charge < -0.3 is 20.4 Å². The first-order chi connectivity index (χ1) is 9.61. The molecule has 2 amide bonds. The van der Waals surface area contributed by atoms with Gasteiger partial charge in [0.25, 0.3) is 0 Å². The molecule has 0 spiro atoms. The third-order valence-corrected chi connectivity index (χ3v) is 3.22. The molecule has 3 N–H and O–H groups in total. The second kappa shape index (κ2) is 6.64. The minimum atomic E-state index is -4.31. The Labute approximate surface area is 117 Å². The standard InChI is InChI=1S/C11H15F3N2O5/c12-11(13,14)6-1-3-16(4-2-6)10(21)15-7(9(19)20)5-8(17)18/h6-7H,1-5H2,(H,15,21)(H,17,18)(H,19,20)/t7-/m1/s1. The van der Waals surface area contributed by atoms with Crippen LogP contribution in [-0.2, 0) is 9.59 Å². The van der Waals surface area contributed by atoms with Crippen LogP contribution in [0.25, 0.3) is 0 Å². The zero-order chi connectivity index (χ0) is 16.2. The van der Waals surface area contributed by atoms with Crippen molar-refractivity contribution in [3.8, 4) is 0 Å². The largest absolute Gasteiger partial charge is 0.481 e. The summed E-state index contributed by atoms with van der Waals surface area (Å²) in [6, 6.07) is -2.49. The summed E-state index contributed by atoms with van der Waals surface area (Å²) < 4.78 is 37.4. The topological polar surface area (TPSA) is 107 Å². The summed E-state index contributed by atoms with van der Waals surface area (Å²) in [6.07, 6.45) is -5.63. The number of likely N-dealkylation sites (tertiary alicyclic amines) is 1. The molecule has 0 unspecified atom stereocenters. The molecule has 1 saturated heterocycles. The smallest absolute Gasteiger partial charge is 0.391 e. The molecule has 0 radical (unpaired) electrons. The van der Waals surface area contributed by atoms with E-state index in [0.717, 1.165) is 4.90 Å². The van der Waals surface area contributed by atoms with Crippen molar-refractivity contribution in [2.45, 2.75) is 31.5 Å². The quantitative estimate of drug-likeness (QED) is 0.715. The van der Waals surface area contributed by atoms with Crippen LogP contribution in [0.4, 0.5) is 18.0 Å². The number of nitrogens with one attached hydrogen (secondary N) is 1. The molecule has 1 fully saturated rings. The summed E-state index contributed by atoms with van der Waals surface area (Å²) in [5.41, 5.74) is 0. The monoisotopic (exact) mass is 312 g/mol. The molecule has 0 aromatic rings. The highest BCUT2D eigenvalue weighted by Gasteiger charge is 2.42. The van der Waals surface area contributed by atoms with Crippen molar-refractivity contribution in [3.63, 3.8) is 0 Å². The van der Waals surface area contributed by atoms with Gasteiger partial charge in [-0.1, -0.05) is 0 Å². The van der Waals surface area contributed by atoms with Gasteiger partial charge in [0.1, 0.15) is 6.04 Å². The van der Waals surface area contributed by atoms with Gasteiger partial charge in [-0.15, -0.1) is 0 Å². The van der Waals surface area contributed by atoms with Crippen molar-refractivity contribution in [1.29, 1.82) is 0 Å². The number of carboxylic acids is 2. The first-order valence-electron chi connectivity index (χ1n) is 6.18. The van der Waals surface area contributed by atoms with E-state index in [1.54, 1.807) is 0 Å². The molecule has 1 heterocycles. The second-order valence-corrected chi connectivity index (χ2v) is 4.74. The molecule has 1 rings (SSSR count). The number of carboxylic acid groups (broad SMARTS) is 2. The van der Waals surface area contributed by atoms with Crippen molar-refractivity contribution >= 4 is 18.0 Å². The molecule has 1 aliphatic rings. The van der Waals surface area contributed by atoms with Crippen LogP contribution >= 0.6 is 0 Å².